The van der Waals surface area contributed by atoms with Gasteiger partial charge in [-0.25, -0.2) is 0 Å². The van der Waals surface area contributed by atoms with Gasteiger partial charge in [0.05, 0.1) is 11.4 Å². The molecule has 31 heavy (non-hydrogen) atoms. The minimum atomic E-state index is -0.828. The van der Waals surface area contributed by atoms with Gasteiger partial charge in [0.1, 0.15) is 6.54 Å². The molecule has 1 fully saturated rings. The first kappa shape index (κ1) is 23.6. The van der Waals surface area contributed by atoms with Gasteiger partial charge < -0.3 is 15.3 Å². The van der Waals surface area contributed by atoms with Crippen LogP contribution in [0.1, 0.15) is 65.4 Å². The number of nitrogens with one attached hydrogen (secondary N) is 1. The fourth-order valence-corrected chi connectivity index (χ4v) is 4.90. The number of anilines is 2. The molecule has 0 radical (unpaired) electrons. The normalized spacial score (nSPS) is 20.5. The number of aliphatic carboxylic acids is 1. The van der Waals surface area contributed by atoms with E-state index in [1.165, 1.54) is 42.6 Å². The summed E-state index contributed by atoms with van der Waals surface area (Å²) in [4.78, 5) is 16.3. The molecule has 1 aliphatic heterocycles. The molecule has 2 aliphatic rings. The molecule has 3 rings (SSSR count). The third kappa shape index (κ3) is 6.25. The molecule has 172 valence electrons. The smallest absolute Gasteiger partial charge is 0.322 e. The maximum absolute atomic E-state index is 11.2. The van der Waals surface area contributed by atoms with E-state index >= 15 is 0 Å². The molecule has 1 aliphatic carbocycles. The molecule has 5 nitrogen and oxygen atoms in total. The summed E-state index contributed by atoms with van der Waals surface area (Å²) in [6, 6.07) is 6.33. The lowest BCUT2D eigenvalue weighted by molar-refractivity contribution is -0.134. The number of nitrogens with zero attached hydrogens (tertiary/aromatic N) is 2. The summed E-state index contributed by atoms with van der Waals surface area (Å²) >= 11 is 0. The molecule has 0 aromatic heterocycles. The van der Waals surface area contributed by atoms with E-state index in [9.17, 15) is 9.90 Å². The Hall–Kier alpha value is -2.01. The van der Waals surface area contributed by atoms with Crippen LogP contribution in [0.3, 0.4) is 0 Å². The van der Waals surface area contributed by atoms with E-state index in [1.807, 2.05) is 6.07 Å². The quantitative estimate of drug-likeness (QED) is 0.587. The summed E-state index contributed by atoms with van der Waals surface area (Å²) in [7, 11) is 0. The van der Waals surface area contributed by atoms with Crippen molar-refractivity contribution < 1.29 is 9.90 Å². The van der Waals surface area contributed by atoms with Gasteiger partial charge >= 0.3 is 5.97 Å². The second-order valence-corrected chi connectivity index (χ2v) is 10.2. The highest BCUT2D eigenvalue weighted by Gasteiger charge is 2.28. The van der Waals surface area contributed by atoms with Crippen molar-refractivity contribution in [1.29, 1.82) is 0 Å². The summed E-state index contributed by atoms with van der Waals surface area (Å²) in [5, 5.41) is 12.4. The van der Waals surface area contributed by atoms with Crippen LogP contribution in [0, 0.1) is 11.3 Å². The lowest BCUT2D eigenvalue weighted by Gasteiger charge is -2.39. The topological polar surface area (TPSA) is 55.8 Å². The van der Waals surface area contributed by atoms with Gasteiger partial charge in [-0.1, -0.05) is 52.3 Å². The number of benzene rings is 1. The number of carbonyl (C=O) groups is 1. The van der Waals surface area contributed by atoms with Crippen LogP contribution in [0.5, 0.6) is 0 Å². The van der Waals surface area contributed by atoms with Crippen LogP contribution >= 0.6 is 0 Å². The molecule has 1 aromatic carbocycles. The lowest BCUT2D eigenvalue weighted by atomic mass is 9.72. The van der Waals surface area contributed by atoms with Gasteiger partial charge in [-0.15, -0.1) is 0 Å². The van der Waals surface area contributed by atoms with Gasteiger partial charge in [-0.05, 0) is 55.2 Å². The van der Waals surface area contributed by atoms with E-state index in [2.05, 4.69) is 61.0 Å². The molecular weight excluding hydrogens is 386 g/mol. The maximum atomic E-state index is 11.2. The summed E-state index contributed by atoms with van der Waals surface area (Å²) in [6.07, 6.45) is 8.35. The van der Waals surface area contributed by atoms with Crippen LogP contribution in [0.15, 0.2) is 24.3 Å². The van der Waals surface area contributed by atoms with Gasteiger partial charge in [0.2, 0.25) is 0 Å². The minimum Gasteiger partial charge on any atom is -0.480 e. The van der Waals surface area contributed by atoms with Crippen molar-refractivity contribution in [2.45, 2.75) is 59.8 Å². The van der Waals surface area contributed by atoms with E-state index < -0.39 is 5.97 Å². The minimum absolute atomic E-state index is 0.0575. The highest BCUT2D eigenvalue weighted by molar-refractivity contribution is 5.87. The maximum Gasteiger partial charge on any atom is 0.322 e. The average molecular weight is 428 g/mol. The van der Waals surface area contributed by atoms with Crippen LogP contribution in [0.2, 0.25) is 0 Å². The molecule has 1 saturated heterocycles. The molecule has 0 bridgehead atoms. The Kier molecular flexibility index (Phi) is 8.04. The molecule has 2 N–H and O–H groups in total. The van der Waals surface area contributed by atoms with Crippen molar-refractivity contribution in [3.63, 3.8) is 0 Å². The third-order valence-corrected chi connectivity index (χ3v) is 6.96. The first-order valence-corrected chi connectivity index (χ1v) is 12.0. The molecule has 0 spiro atoms. The van der Waals surface area contributed by atoms with Gasteiger partial charge in [-0.2, -0.15) is 0 Å². The average Bonchev–Trinajstić information content (AvgIpc) is 2.76. The molecule has 1 atom stereocenters. The van der Waals surface area contributed by atoms with Crippen molar-refractivity contribution >= 4 is 22.9 Å². The summed E-state index contributed by atoms with van der Waals surface area (Å²) in [5.41, 5.74) is 5.18. The van der Waals surface area contributed by atoms with Crippen LogP contribution in [0.4, 0.5) is 11.4 Å². The zero-order valence-corrected chi connectivity index (χ0v) is 19.9. The Balaban J connectivity index is 1.85. The highest BCUT2D eigenvalue weighted by atomic mass is 16.4. The first-order valence-electron chi connectivity index (χ1n) is 12.0. The summed E-state index contributed by atoms with van der Waals surface area (Å²) < 4.78 is 0. The fourth-order valence-electron chi connectivity index (χ4n) is 4.90. The van der Waals surface area contributed by atoms with E-state index in [0.29, 0.717) is 5.41 Å². The predicted octanol–water partition coefficient (Wildman–Crippen LogP) is 5.33. The molecular formula is C26H41N3O2. The second-order valence-electron chi connectivity index (χ2n) is 10.2. The predicted molar refractivity (Wildman–Crippen MR) is 131 cm³/mol. The Morgan fingerprint density at radius 1 is 1.19 bits per heavy atom. The number of allylic oxidation sites excluding steroid dienone is 2. The number of carboxylic acid groups (broad SMARTS) is 1. The Morgan fingerprint density at radius 3 is 2.52 bits per heavy atom. The van der Waals surface area contributed by atoms with Crippen LogP contribution in [-0.2, 0) is 4.79 Å². The second kappa shape index (κ2) is 10.5. The van der Waals surface area contributed by atoms with E-state index in [1.54, 1.807) is 0 Å². The Bertz CT molecular complexity index is 773. The van der Waals surface area contributed by atoms with Gasteiger partial charge in [-0.3, -0.25) is 9.69 Å². The molecule has 0 saturated carbocycles. The van der Waals surface area contributed by atoms with Crippen LogP contribution < -0.4 is 10.2 Å². The number of rotatable bonds is 8. The number of carboxylic acids is 1. The number of piperazine rings is 1. The molecule has 5 heteroatoms. The zero-order chi connectivity index (χ0) is 22.4. The Morgan fingerprint density at radius 2 is 1.94 bits per heavy atom. The van der Waals surface area contributed by atoms with E-state index in [0.717, 1.165) is 50.6 Å². The van der Waals surface area contributed by atoms with Crippen molar-refractivity contribution in [1.82, 2.24) is 4.90 Å². The largest absolute Gasteiger partial charge is 0.480 e. The number of hydrogen-bond donors (Lipinski definition) is 2. The summed E-state index contributed by atoms with van der Waals surface area (Å²) in [5.74, 6) is -0.110. The van der Waals surface area contributed by atoms with Crippen molar-refractivity contribution in [3.8, 4) is 0 Å². The zero-order valence-electron chi connectivity index (χ0n) is 19.9. The SMILES string of the molecule is CCCCN1CCN(c2c(NCC(=O)O)cccc2C2=CCC(C(C)(C)C)CC2)CC1. The molecule has 1 unspecified atom stereocenters. The van der Waals surface area contributed by atoms with Gasteiger partial charge in [0.15, 0.2) is 0 Å². The van der Waals surface area contributed by atoms with Crippen molar-refractivity contribution in [2.75, 3.05) is 49.5 Å². The highest BCUT2D eigenvalue weighted by Crippen LogP contribution is 2.43. The van der Waals surface area contributed by atoms with Crippen LogP contribution in [-0.4, -0.2) is 55.2 Å². The summed E-state index contributed by atoms with van der Waals surface area (Å²) in [6.45, 7) is 14.5. The number of unbranched alkanes of at least 4 members (excludes halogenated alkanes) is 1. The first-order chi connectivity index (χ1) is 14.8. The molecule has 0 amide bonds. The number of para-hydroxylation sites is 1. The molecule has 1 heterocycles. The number of hydrogen-bond acceptors (Lipinski definition) is 4. The van der Waals surface area contributed by atoms with E-state index in [4.69, 9.17) is 0 Å². The fraction of sp³-hybridized carbons (Fsp3) is 0.654. The van der Waals surface area contributed by atoms with Gasteiger partial charge in [0.25, 0.3) is 0 Å². The standard InChI is InChI=1S/C26H41N3O2/c1-5-6-14-28-15-17-29(18-16-28)25-22(8-7-9-23(25)27-19-24(30)31)20-10-12-21(13-11-20)26(2,3)4/h7-10,21,27H,5-6,11-19H2,1-4H3,(H,30,31). The lowest BCUT2D eigenvalue weighted by Crippen LogP contribution is -2.47. The third-order valence-electron chi connectivity index (χ3n) is 6.96. The van der Waals surface area contributed by atoms with E-state index in [-0.39, 0.29) is 6.54 Å². The monoisotopic (exact) mass is 427 g/mol. The molecule has 1 aromatic rings. The van der Waals surface area contributed by atoms with Crippen molar-refractivity contribution in [2.24, 2.45) is 11.3 Å². The van der Waals surface area contributed by atoms with Crippen molar-refractivity contribution in [3.05, 3.63) is 29.8 Å². The Labute approximate surface area is 188 Å². The van der Waals surface area contributed by atoms with Crippen LogP contribution in [0.25, 0.3) is 5.57 Å². The van der Waals surface area contributed by atoms with Gasteiger partial charge in [0, 0.05) is 31.7 Å².